The summed E-state index contributed by atoms with van der Waals surface area (Å²) in [5.74, 6) is 3.75. The number of nitrogens with zero attached hydrogens (tertiary/aromatic N) is 1. The van der Waals surface area contributed by atoms with Crippen molar-refractivity contribution in [3.63, 3.8) is 0 Å². The van der Waals surface area contributed by atoms with E-state index in [0.717, 1.165) is 29.4 Å². The van der Waals surface area contributed by atoms with E-state index in [2.05, 4.69) is 5.32 Å². The van der Waals surface area contributed by atoms with Crippen LogP contribution in [0.2, 0.25) is 0 Å². The summed E-state index contributed by atoms with van der Waals surface area (Å²) < 4.78 is 31.7. The van der Waals surface area contributed by atoms with E-state index in [1.807, 2.05) is 37.7 Å². The molecule has 0 unspecified atom stereocenters. The number of aryl methyl sites for hydroxylation is 1. The van der Waals surface area contributed by atoms with Crippen molar-refractivity contribution in [1.82, 2.24) is 9.62 Å². The van der Waals surface area contributed by atoms with Crippen molar-refractivity contribution in [3.8, 4) is 0 Å². The maximum atomic E-state index is 12.2. The van der Waals surface area contributed by atoms with Crippen molar-refractivity contribution in [1.29, 1.82) is 0 Å². The van der Waals surface area contributed by atoms with Crippen LogP contribution < -0.4 is 5.32 Å². The minimum atomic E-state index is -3.13. The Morgan fingerprint density at radius 2 is 2.10 bits per heavy atom. The molecular weight excluding hydrogens is 308 g/mol. The number of hydrogen-bond acceptors (Lipinski definition) is 5. The summed E-state index contributed by atoms with van der Waals surface area (Å²) in [4.78, 5) is 0. The molecule has 21 heavy (non-hydrogen) atoms. The lowest BCUT2D eigenvalue weighted by Gasteiger charge is -2.25. The van der Waals surface area contributed by atoms with Crippen LogP contribution in [0.25, 0.3) is 0 Å². The van der Waals surface area contributed by atoms with Gasteiger partial charge < -0.3 is 9.73 Å². The van der Waals surface area contributed by atoms with Crippen LogP contribution in [0.1, 0.15) is 31.4 Å². The van der Waals surface area contributed by atoms with E-state index >= 15 is 0 Å². The van der Waals surface area contributed by atoms with Gasteiger partial charge >= 0.3 is 0 Å². The van der Waals surface area contributed by atoms with Gasteiger partial charge in [-0.25, -0.2) is 12.7 Å². The van der Waals surface area contributed by atoms with Gasteiger partial charge in [-0.3, -0.25) is 0 Å². The zero-order valence-corrected chi connectivity index (χ0v) is 14.3. The van der Waals surface area contributed by atoms with Crippen LogP contribution in [-0.4, -0.2) is 49.6 Å². The van der Waals surface area contributed by atoms with E-state index in [1.165, 1.54) is 0 Å². The van der Waals surface area contributed by atoms with Gasteiger partial charge in [0.25, 0.3) is 0 Å². The van der Waals surface area contributed by atoms with Gasteiger partial charge in [-0.1, -0.05) is 6.92 Å². The van der Waals surface area contributed by atoms with Gasteiger partial charge in [-0.15, -0.1) is 0 Å². The standard InChI is InChI=1S/C14H24N2O3S2/c1-3-13-4-5-14(19-13)12(2)15-6-11-21(17,18)16-7-9-20-10-8-16/h4-5,12,15H,3,6-11H2,1-2H3/t12-/m1/s1. The quantitative estimate of drug-likeness (QED) is 0.826. The fourth-order valence-electron chi connectivity index (χ4n) is 2.28. The summed E-state index contributed by atoms with van der Waals surface area (Å²) in [7, 11) is -3.13. The average Bonchev–Trinajstić information content (AvgIpc) is 2.97. The molecule has 0 aliphatic carbocycles. The maximum absolute atomic E-state index is 12.2. The van der Waals surface area contributed by atoms with Crippen LogP contribution in [-0.2, 0) is 16.4 Å². The highest BCUT2D eigenvalue weighted by molar-refractivity contribution is 7.99. The van der Waals surface area contributed by atoms with Crippen LogP contribution in [0, 0.1) is 0 Å². The molecule has 0 radical (unpaired) electrons. The first kappa shape index (κ1) is 16.9. The summed E-state index contributed by atoms with van der Waals surface area (Å²) in [6, 6.07) is 3.94. The molecule has 120 valence electrons. The van der Waals surface area contributed by atoms with Crippen molar-refractivity contribution in [2.45, 2.75) is 26.3 Å². The molecule has 7 heteroatoms. The third kappa shape index (κ3) is 4.74. The van der Waals surface area contributed by atoms with E-state index in [4.69, 9.17) is 4.42 Å². The molecule has 1 aromatic rings. The van der Waals surface area contributed by atoms with Gasteiger partial charge in [0.1, 0.15) is 11.5 Å². The lowest BCUT2D eigenvalue weighted by molar-refractivity contribution is 0.409. The van der Waals surface area contributed by atoms with Gasteiger partial charge in [-0.05, 0) is 19.1 Å². The minimum absolute atomic E-state index is 0.0254. The molecule has 1 fully saturated rings. The Labute approximate surface area is 131 Å². The molecule has 0 spiro atoms. The monoisotopic (exact) mass is 332 g/mol. The van der Waals surface area contributed by atoms with Crippen molar-refractivity contribution < 1.29 is 12.8 Å². The Morgan fingerprint density at radius 3 is 2.71 bits per heavy atom. The Kier molecular flexibility index (Phi) is 6.16. The molecule has 0 amide bonds. The molecule has 0 bridgehead atoms. The smallest absolute Gasteiger partial charge is 0.215 e. The Morgan fingerprint density at radius 1 is 1.38 bits per heavy atom. The van der Waals surface area contributed by atoms with E-state index < -0.39 is 10.0 Å². The summed E-state index contributed by atoms with van der Waals surface area (Å²) in [5, 5.41) is 3.23. The van der Waals surface area contributed by atoms with Gasteiger partial charge in [0.05, 0.1) is 11.8 Å². The van der Waals surface area contributed by atoms with Gasteiger partial charge in [0, 0.05) is 37.6 Å². The van der Waals surface area contributed by atoms with Crippen LogP contribution in [0.15, 0.2) is 16.5 Å². The molecule has 1 aliphatic rings. The van der Waals surface area contributed by atoms with Crippen LogP contribution in [0.4, 0.5) is 0 Å². The summed E-state index contributed by atoms with van der Waals surface area (Å²) in [6.07, 6.45) is 0.869. The average molecular weight is 332 g/mol. The molecule has 0 saturated carbocycles. The fraction of sp³-hybridized carbons (Fsp3) is 0.714. The Bertz CT molecular complexity index is 536. The summed E-state index contributed by atoms with van der Waals surface area (Å²) in [5.41, 5.74) is 0. The zero-order valence-electron chi connectivity index (χ0n) is 12.7. The second-order valence-electron chi connectivity index (χ2n) is 5.16. The molecule has 1 aromatic heterocycles. The highest BCUT2D eigenvalue weighted by Crippen LogP contribution is 2.17. The van der Waals surface area contributed by atoms with Gasteiger partial charge in [-0.2, -0.15) is 11.8 Å². The highest BCUT2D eigenvalue weighted by Gasteiger charge is 2.23. The molecule has 5 nitrogen and oxygen atoms in total. The molecular formula is C14H24N2O3S2. The maximum Gasteiger partial charge on any atom is 0.215 e. The van der Waals surface area contributed by atoms with E-state index in [1.54, 1.807) is 4.31 Å². The SMILES string of the molecule is CCc1ccc([C@@H](C)NCCS(=O)(=O)N2CCSCC2)o1. The van der Waals surface area contributed by atoms with Gasteiger partial charge in [0.2, 0.25) is 10.0 Å². The third-order valence-electron chi connectivity index (χ3n) is 3.63. The van der Waals surface area contributed by atoms with Gasteiger partial charge in [0.15, 0.2) is 0 Å². The van der Waals surface area contributed by atoms with Crippen molar-refractivity contribution in [3.05, 3.63) is 23.7 Å². The summed E-state index contributed by atoms with van der Waals surface area (Å²) >= 11 is 1.81. The Hall–Kier alpha value is -0.500. The number of rotatable bonds is 7. The lowest BCUT2D eigenvalue weighted by atomic mass is 10.2. The number of thioether (sulfide) groups is 1. The molecule has 0 aromatic carbocycles. The predicted octanol–water partition coefficient (Wildman–Crippen LogP) is 1.87. The summed E-state index contributed by atoms with van der Waals surface area (Å²) in [6.45, 7) is 5.75. The number of nitrogens with one attached hydrogen (secondary N) is 1. The van der Waals surface area contributed by atoms with Crippen molar-refractivity contribution in [2.24, 2.45) is 0 Å². The largest absolute Gasteiger partial charge is 0.464 e. The predicted molar refractivity (Wildman–Crippen MR) is 87.2 cm³/mol. The topological polar surface area (TPSA) is 62.6 Å². The lowest BCUT2D eigenvalue weighted by Crippen LogP contribution is -2.41. The van der Waals surface area contributed by atoms with E-state index in [-0.39, 0.29) is 11.8 Å². The minimum Gasteiger partial charge on any atom is -0.464 e. The molecule has 1 N–H and O–H groups in total. The van der Waals surface area contributed by atoms with Crippen LogP contribution in [0.3, 0.4) is 0 Å². The number of sulfonamides is 1. The molecule has 1 atom stereocenters. The second-order valence-corrected chi connectivity index (χ2v) is 8.47. The van der Waals surface area contributed by atoms with Crippen molar-refractivity contribution in [2.75, 3.05) is 36.9 Å². The zero-order chi connectivity index (χ0) is 15.3. The van der Waals surface area contributed by atoms with Crippen molar-refractivity contribution >= 4 is 21.8 Å². The Balaban J connectivity index is 1.80. The highest BCUT2D eigenvalue weighted by atomic mass is 32.2. The first-order valence-corrected chi connectivity index (χ1v) is 10.2. The molecule has 1 saturated heterocycles. The normalized spacial score (nSPS) is 18.8. The fourth-order valence-corrected chi connectivity index (χ4v) is 4.78. The number of hydrogen-bond donors (Lipinski definition) is 1. The van der Waals surface area contributed by atoms with Crippen LogP contribution in [0.5, 0.6) is 0 Å². The molecule has 2 heterocycles. The second kappa shape index (κ2) is 7.67. The number of furan rings is 1. The third-order valence-corrected chi connectivity index (χ3v) is 6.45. The van der Waals surface area contributed by atoms with E-state index in [9.17, 15) is 8.42 Å². The first-order valence-electron chi connectivity index (χ1n) is 7.40. The molecule has 2 rings (SSSR count). The molecule has 1 aliphatic heterocycles. The first-order chi connectivity index (χ1) is 10.0. The van der Waals surface area contributed by atoms with Crippen LogP contribution >= 0.6 is 11.8 Å². The van der Waals surface area contributed by atoms with E-state index in [0.29, 0.717) is 19.6 Å².